The highest BCUT2D eigenvalue weighted by atomic mass is 16.3. The van der Waals surface area contributed by atoms with Crippen molar-refractivity contribution in [2.45, 2.75) is 24.5 Å². The van der Waals surface area contributed by atoms with E-state index in [9.17, 15) is 34.2 Å². The van der Waals surface area contributed by atoms with Gasteiger partial charge in [0.05, 0.1) is 23.1 Å². The first-order valence-corrected chi connectivity index (χ1v) is 13.9. The van der Waals surface area contributed by atoms with Gasteiger partial charge in [0.2, 0.25) is 5.91 Å². The molecular weight excluding hydrogens is 552 g/mol. The van der Waals surface area contributed by atoms with E-state index in [1.54, 1.807) is 63.4 Å². The summed E-state index contributed by atoms with van der Waals surface area (Å²) in [4.78, 5) is 71.3. The van der Waals surface area contributed by atoms with Crippen molar-refractivity contribution in [3.8, 4) is 17.6 Å². The maximum absolute atomic E-state index is 14.2. The average molecular weight is 587 g/mol. The molecule has 0 radical (unpaired) electrons. The van der Waals surface area contributed by atoms with E-state index in [1.807, 2.05) is 0 Å². The summed E-state index contributed by atoms with van der Waals surface area (Å²) in [6.07, 6.45) is 0.184. The average Bonchev–Trinajstić information content (AvgIpc) is 2.95. The van der Waals surface area contributed by atoms with Crippen LogP contribution in [0.3, 0.4) is 0 Å². The van der Waals surface area contributed by atoms with Crippen molar-refractivity contribution in [3.05, 3.63) is 52.6 Å². The molecule has 11 nitrogen and oxygen atoms in total. The summed E-state index contributed by atoms with van der Waals surface area (Å²) in [6.45, 7) is 0. The molecule has 224 valence electrons. The molecule has 2 fully saturated rings. The van der Waals surface area contributed by atoms with Crippen LogP contribution in [0, 0.1) is 35.5 Å². The van der Waals surface area contributed by atoms with Gasteiger partial charge in [-0.3, -0.25) is 28.9 Å². The third-order valence-corrected chi connectivity index (χ3v) is 9.00. The summed E-state index contributed by atoms with van der Waals surface area (Å²) in [6, 6.07) is 7.38. The van der Waals surface area contributed by atoms with E-state index < -0.39 is 70.1 Å². The monoisotopic (exact) mass is 586 g/mol. The molecule has 1 amide bonds. The molecule has 0 bridgehead atoms. The van der Waals surface area contributed by atoms with Crippen molar-refractivity contribution in [3.63, 3.8) is 0 Å². The van der Waals surface area contributed by atoms with E-state index in [-0.39, 0.29) is 24.0 Å². The van der Waals surface area contributed by atoms with Gasteiger partial charge in [-0.05, 0) is 68.8 Å². The summed E-state index contributed by atoms with van der Waals surface area (Å²) in [7, 11) is 7.97. The van der Waals surface area contributed by atoms with Gasteiger partial charge in [0.25, 0.3) is 0 Å². The number of hydrogen-bond donors (Lipinski definition) is 4. The minimum atomic E-state index is -2.74. The van der Waals surface area contributed by atoms with E-state index in [2.05, 4.69) is 17.2 Å². The van der Waals surface area contributed by atoms with Crippen LogP contribution in [-0.2, 0) is 25.6 Å². The van der Waals surface area contributed by atoms with Crippen LogP contribution in [0.5, 0.6) is 5.75 Å². The lowest BCUT2D eigenvalue weighted by molar-refractivity contribution is -0.181. The number of rotatable bonds is 3. The Hall–Kier alpha value is -4.53. The molecule has 2 aromatic rings. The van der Waals surface area contributed by atoms with Crippen molar-refractivity contribution < 1.29 is 34.2 Å². The molecule has 5 rings (SSSR count). The number of nitrogens with one attached hydrogen (secondary N) is 1. The van der Waals surface area contributed by atoms with E-state index in [0.29, 0.717) is 22.5 Å². The molecule has 2 unspecified atom stereocenters. The maximum atomic E-state index is 14.2. The number of hydrogen-bond acceptors (Lipinski definition) is 10. The van der Waals surface area contributed by atoms with Gasteiger partial charge in [-0.15, -0.1) is 0 Å². The lowest BCUT2D eigenvalue weighted by Gasteiger charge is -2.52. The SMILES string of the molecule is CNC(=O)C1C(=O)[C@@H](N(C)C)[C@@H]2C[C@@H]3Cc4c(N(C)C)cc(C#Cc5ccc(N)cc5)c(O)c4C(=O)C3C(=O)[C@]2(O)C1=O. The van der Waals surface area contributed by atoms with Crippen LogP contribution >= 0.6 is 0 Å². The molecule has 3 aliphatic carbocycles. The highest BCUT2D eigenvalue weighted by Crippen LogP contribution is 2.52. The zero-order chi connectivity index (χ0) is 31.5. The number of phenolic OH excluding ortho intramolecular Hbond substituents is 1. The van der Waals surface area contributed by atoms with Gasteiger partial charge in [0.1, 0.15) is 5.75 Å². The number of amides is 1. The first-order chi connectivity index (χ1) is 20.2. The van der Waals surface area contributed by atoms with Crippen LogP contribution in [0.25, 0.3) is 0 Å². The smallest absolute Gasteiger partial charge is 0.238 e. The molecule has 0 heterocycles. The van der Waals surface area contributed by atoms with Crippen molar-refractivity contribution in [2.75, 3.05) is 45.9 Å². The van der Waals surface area contributed by atoms with Crippen LogP contribution in [0.1, 0.15) is 33.5 Å². The summed E-state index contributed by atoms with van der Waals surface area (Å²) in [5.41, 5.74) is 5.42. The number of carbonyl (C=O) groups excluding carboxylic acids is 5. The summed E-state index contributed by atoms with van der Waals surface area (Å²) < 4.78 is 0. The Kier molecular flexibility index (Phi) is 7.40. The molecule has 0 spiro atoms. The second-order valence-corrected chi connectivity index (χ2v) is 11.9. The highest BCUT2D eigenvalue weighted by molar-refractivity contribution is 6.32. The first kappa shape index (κ1) is 29.9. The third-order valence-electron chi connectivity index (χ3n) is 9.00. The van der Waals surface area contributed by atoms with Gasteiger partial charge in [-0.1, -0.05) is 11.8 Å². The number of benzene rings is 2. The fraction of sp³-hybridized carbons (Fsp3) is 0.406. The lowest BCUT2D eigenvalue weighted by Crippen LogP contribution is -2.74. The summed E-state index contributed by atoms with van der Waals surface area (Å²) >= 11 is 0. The highest BCUT2D eigenvalue weighted by Gasteiger charge is 2.69. The van der Waals surface area contributed by atoms with E-state index in [1.165, 1.54) is 11.9 Å². The quantitative estimate of drug-likeness (QED) is 0.221. The van der Waals surface area contributed by atoms with Crippen LogP contribution < -0.4 is 16.0 Å². The second kappa shape index (κ2) is 10.6. The molecule has 2 saturated carbocycles. The molecule has 6 atom stereocenters. The van der Waals surface area contributed by atoms with Crippen LogP contribution in [0.2, 0.25) is 0 Å². The molecule has 2 aromatic carbocycles. The third kappa shape index (κ3) is 4.49. The molecular formula is C32H34N4O7. The normalized spacial score (nSPS) is 27.9. The van der Waals surface area contributed by atoms with Gasteiger partial charge >= 0.3 is 0 Å². The number of aromatic hydroxyl groups is 1. The standard InChI is InChI=1S/C32H34N4O7/c1-34-31(42)24-28(39)25(36(4)5)20-13-17-12-19-21(35(2)3)14-16(9-6-15-7-10-18(33)11-8-15)26(37)23(19)27(38)22(17)29(40)32(20,43)30(24)41/h7-8,10-11,14,17,20,22,24-25,37,43H,12-13,33H2,1-5H3,(H,34,42)/t17-,20-,22?,24?,25-,32-/m0/s1. The van der Waals surface area contributed by atoms with Crippen LogP contribution in [-0.4, -0.2) is 91.0 Å². The van der Waals surface area contributed by atoms with Crippen molar-refractivity contribution in [2.24, 2.45) is 23.7 Å². The predicted molar refractivity (Wildman–Crippen MR) is 157 cm³/mol. The van der Waals surface area contributed by atoms with E-state index >= 15 is 0 Å². The Bertz CT molecular complexity index is 1640. The molecule has 0 saturated heterocycles. The van der Waals surface area contributed by atoms with Crippen LogP contribution in [0.4, 0.5) is 11.4 Å². The number of Topliss-reactive ketones (excluding diaryl/α,β-unsaturated/α-hetero) is 4. The van der Waals surface area contributed by atoms with E-state index in [0.717, 1.165) is 0 Å². The number of carbonyl (C=O) groups is 5. The Morgan fingerprint density at radius 1 is 1.05 bits per heavy atom. The fourth-order valence-electron chi connectivity index (χ4n) is 6.98. The van der Waals surface area contributed by atoms with Gasteiger partial charge in [-0.25, -0.2) is 0 Å². The maximum Gasteiger partial charge on any atom is 0.238 e. The number of nitrogens with zero attached hydrogens (tertiary/aromatic N) is 2. The predicted octanol–water partition coefficient (Wildman–Crippen LogP) is 0.176. The Labute approximate surface area is 249 Å². The number of phenols is 1. The fourth-order valence-corrected chi connectivity index (χ4v) is 6.98. The summed E-state index contributed by atoms with van der Waals surface area (Å²) in [5, 5.41) is 25.5. The Morgan fingerprint density at radius 3 is 2.28 bits per heavy atom. The second-order valence-electron chi connectivity index (χ2n) is 11.9. The van der Waals surface area contributed by atoms with Crippen LogP contribution in [0.15, 0.2) is 30.3 Å². The largest absolute Gasteiger partial charge is 0.506 e. The number of nitrogens with two attached hydrogens (primary N) is 1. The summed E-state index contributed by atoms with van der Waals surface area (Å²) in [5.74, 6) is -4.33. The van der Waals surface area contributed by atoms with E-state index in [4.69, 9.17) is 5.73 Å². The van der Waals surface area contributed by atoms with Gasteiger partial charge in [-0.2, -0.15) is 0 Å². The number of fused-ring (bicyclic) bond motifs is 3. The van der Waals surface area contributed by atoms with Crippen molar-refractivity contribution >= 4 is 40.4 Å². The Morgan fingerprint density at radius 2 is 1.70 bits per heavy atom. The molecule has 5 N–H and O–H groups in total. The molecule has 0 aromatic heterocycles. The molecule has 43 heavy (non-hydrogen) atoms. The van der Waals surface area contributed by atoms with Crippen molar-refractivity contribution in [1.29, 1.82) is 0 Å². The number of aliphatic hydroxyl groups is 1. The molecule has 0 aliphatic heterocycles. The van der Waals surface area contributed by atoms with Gasteiger partial charge < -0.3 is 26.2 Å². The lowest BCUT2D eigenvalue weighted by atomic mass is 9.52. The van der Waals surface area contributed by atoms with Gasteiger partial charge in [0.15, 0.2) is 34.7 Å². The number of ketones is 4. The Balaban J connectivity index is 1.64. The van der Waals surface area contributed by atoms with Gasteiger partial charge in [0, 0.05) is 44.0 Å². The zero-order valence-electron chi connectivity index (χ0n) is 24.6. The topological polar surface area (TPSA) is 170 Å². The zero-order valence-corrected chi connectivity index (χ0v) is 24.6. The van der Waals surface area contributed by atoms with Crippen molar-refractivity contribution in [1.82, 2.24) is 10.2 Å². The molecule has 11 heteroatoms. The number of anilines is 2. The number of nitrogen functional groups attached to an aromatic ring is 1. The minimum Gasteiger partial charge on any atom is -0.506 e. The minimum absolute atomic E-state index is 0.00516. The number of likely N-dealkylation sites (N-methyl/N-ethyl adjacent to an activating group) is 1. The molecule has 3 aliphatic rings. The first-order valence-electron chi connectivity index (χ1n) is 13.9.